The van der Waals surface area contributed by atoms with E-state index in [1.54, 1.807) is 17.8 Å². The number of thioether (sulfide) groups is 1. The zero-order valence-electron chi connectivity index (χ0n) is 11.5. The van der Waals surface area contributed by atoms with Gasteiger partial charge in [-0.1, -0.05) is 6.92 Å². The van der Waals surface area contributed by atoms with E-state index in [0.717, 1.165) is 35.7 Å². The number of carbonyl (C=O) groups is 1. The number of nitrogens with one attached hydrogen (secondary N) is 2. The van der Waals surface area contributed by atoms with Crippen molar-refractivity contribution < 1.29 is 9.18 Å². The molecule has 2 aliphatic rings. The molecule has 2 N–H and O–H groups in total. The molecule has 0 radical (unpaired) electrons. The monoisotopic (exact) mass is 294 g/mol. The molecular weight excluding hydrogens is 275 g/mol. The van der Waals surface area contributed by atoms with E-state index in [4.69, 9.17) is 0 Å². The first-order chi connectivity index (χ1) is 9.65. The molecule has 5 heteroatoms. The predicted molar refractivity (Wildman–Crippen MR) is 78.1 cm³/mol. The first-order valence-electron chi connectivity index (χ1n) is 7.08. The third-order valence-electron chi connectivity index (χ3n) is 4.18. The van der Waals surface area contributed by atoms with Crippen molar-refractivity contribution in [1.29, 1.82) is 0 Å². The molecule has 2 aliphatic heterocycles. The van der Waals surface area contributed by atoms with E-state index in [9.17, 15) is 9.18 Å². The lowest BCUT2D eigenvalue weighted by Crippen LogP contribution is -2.38. The van der Waals surface area contributed by atoms with Gasteiger partial charge in [0.2, 0.25) is 5.91 Å². The highest BCUT2D eigenvalue weighted by molar-refractivity contribution is 7.99. The van der Waals surface area contributed by atoms with Crippen molar-refractivity contribution in [1.82, 2.24) is 10.6 Å². The van der Waals surface area contributed by atoms with Gasteiger partial charge in [0, 0.05) is 17.2 Å². The van der Waals surface area contributed by atoms with E-state index < -0.39 is 0 Å². The summed E-state index contributed by atoms with van der Waals surface area (Å²) in [6.07, 6.45) is 0.862. The van der Waals surface area contributed by atoms with Gasteiger partial charge in [-0.25, -0.2) is 4.39 Å². The summed E-state index contributed by atoms with van der Waals surface area (Å²) < 4.78 is 13.4. The van der Waals surface area contributed by atoms with Crippen molar-refractivity contribution >= 4 is 17.7 Å². The molecule has 3 atom stereocenters. The van der Waals surface area contributed by atoms with E-state index >= 15 is 0 Å². The highest BCUT2D eigenvalue weighted by Crippen LogP contribution is 2.36. The van der Waals surface area contributed by atoms with Crippen LogP contribution < -0.4 is 10.6 Å². The average Bonchev–Trinajstić information content (AvgIpc) is 2.86. The molecule has 2 heterocycles. The fourth-order valence-corrected chi connectivity index (χ4v) is 4.06. The summed E-state index contributed by atoms with van der Waals surface area (Å²) in [5.74, 6) is 1.21. The molecule has 3 unspecified atom stereocenters. The third-order valence-corrected chi connectivity index (χ3v) is 5.30. The third kappa shape index (κ3) is 2.69. The molecule has 0 spiro atoms. The Balaban J connectivity index is 1.76. The van der Waals surface area contributed by atoms with Gasteiger partial charge in [0.05, 0.1) is 12.0 Å². The molecule has 1 saturated heterocycles. The summed E-state index contributed by atoms with van der Waals surface area (Å²) in [5, 5.41) is 6.36. The number of carbonyl (C=O) groups excluding carboxylic acids is 1. The molecular formula is C15H19FN2OS. The number of halogens is 1. The Bertz CT molecular complexity index is 523. The second-order valence-electron chi connectivity index (χ2n) is 5.62. The lowest BCUT2D eigenvalue weighted by molar-refractivity contribution is -0.126. The van der Waals surface area contributed by atoms with E-state index in [2.05, 4.69) is 17.6 Å². The maximum atomic E-state index is 13.4. The van der Waals surface area contributed by atoms with Gasteiger partial charge in [-0.05, 0) is 42.6 Å². The fourth-order valence-electron chi connectivity index (χ4n) is 2.96. The Kier molecular flexibility index (Phi) is 3.98. The van der Waals surface area contributed by atoms with Crippen LogP contribution in [0, 0.1) is 17.7 Å². The molecule has 0 aromatic heterocycles. The fraction of sp³-hybridized carbons (Fsp3) is 0.533. The van der Waals surface area contributed by atoms with Gasteiger partial charge in [0.15, 0.2) is 0 Å². The molecule has 3 nitrogen and oxygen atoms in total. The zero-order chi connectivity index (χ0) is 14.1. The molecule has 1 aromatic rings. The van der Waals surface area contributed by atoms with Crippen LogP contribution in [-0.2, 0) is 4.79 Å². The number of hydrogen-bond acceptors (Lipinski definition) is 3. The molecule has 20 heavy (non-hydrogen) atoms. The van der Waals surface area contributed by atoms with Crippen molar-refractivity contribution in [2.75, 3.05) is 18.8 Å². The minimum Gasteiger partial charge on any atom is -0.349 e. The van der Waals surface area contributed by atoms with Crippen LogP contribution in [0.4, 0.5) is 4.39 Å². The van der Waals surface area contributed by atoms with Gasteiger partial charge in [0.25, 0.3) is 0 Å². The maximum Gasteiger partial charge on any atom is 0.225 e. The van der Waals surface area contributed by atoms with Gasteiger partial charge < -0.3 is 10.6 Å². The second-order valence-corrected chi connectivity index (χ2v) is 6.76. The van der Waals surface area contributed by atoms with Crippen LogP contribution in [0.3, 0.4) is 0 Å². The molecule has 0 bridgehead atoms. The normalized spacial score (nSPS) is 29.0. The van der Waals surface area contributed by atoms with Crippen molar-refractivity contribution in [3.8, 4) is 0 Å². The lowest BCUT2D eigenvalue weighted by Gasteiger charge is -2.27. The zero-order valence-corrected chi connectivity index (χ0v) is 12.3. The molecule has 0 saturated carbocycles. The molecule has 108 valence electrons. The summed E-state index contributed by atoms with van der Waals surface area (Å²) in [6, 6.07) is 4.80. The largest absolute Gasteiger partial charge is 0.349 e. The Morgan fingerprint density at radius 1 is 1.45 bits per heavy atom. The van der Waals surface area contributed by atoms with Crippen molar-refractivity contribution in [3.05, 3.63) is 29.6 Å². The predicted octanol–water partition coefficient (Wildman–Crippen LogP) is 2.33. The van der Waals surface area contributed by atoms with Crippen molar-refractivity contribution in [2.24, 2.45) is 11.8 Å². The number of fused-ring (bicyclic) bond motifs is 1. The molecule has 1 aromatic carbocycles. The molecule has 3 rings (SSSR count). The summed E-state index contributed by atoms with van der Waals surface area (Å²) >= 11 is 1.73. The standard InChI is InChI=1S/C15H19FN2OS/c1-9-7-17-8-12(9)15(19)18-13-4-5-20-14-3-2-10(16)6-11(13)14/h2-3,6,9,12-13,17H,4-5,7-8H2,1H3,(H,18,19). The number of hydrogen-bond donors (Lipinski definition) is 2. The lowest BCUT2D eigenvalue weighted by atomic mass is 9.95. The summed E-state index contributed by atoms with van der Waals surface area (Å²) in [5.41, 5.74) is 0.924. The van der Waals surface area contributed by atoms with E-state index in [0.29, 0.717) is 5.92 Å². The van der Waals surface area contributed by atoms with E-state index in [-0.39, 0.29) is 23.7 Å². The van der Waals surface area contributed by atoms with Gasteiger partial charge in [-0.2, -0.15) is 0 Å². The van der Waals surface area contributed by atoms with Gasteiger partial charge in [-0.15, -0.1) is 11.8 Å². The van der Waals surface area contributed by atoms with Crippen LogP contribution in [0.25, 0.3) is 0 Å². The highest BCUT2D eigenvalue weighted by atomic mass is 32.2. The van der Waals surface area contributed by atoms with Crippen molar-refractivity contribution in [3.63, 3.8) is 0 Å². The average molecular weight is 294 g/mol. The first-order valence-corrected chi connectivity index (χ1v) is 8.07. The molecule has 1 amide bonds. The Hall–Kier alpha value is -1.07. The van der Waals surface area contributed by atoms with Crippen LogP contribution in [0.1, 0.15) is 24.9 Å². The minimum absolute atomic E-state index is 0.0292. The van der Waals surface area contributed by atoms with E-state index in [1.807, 2.05) is 6.07 Å². The summed E-state index contributed by atoms with van der Waals surface area (Å²) in [7, 11) is 0. The number of benzene rings is 1. The smallest absolute Gasteiger partial charge is 0.225 e. The first kappa shape index (κ1) is 13.9. The Labute approximate surface area is 122 Å². The second kappa shape index (κ2) is 5.74. The van der Waals surface area contributed by atoms with Crippen LogP contribution in [0.5, 0.6) is 0 Å². The number of rotatable bonds is 2. The van der Waals surface area contributed by atoms with Crippen molar-refractivity contribution in [2.45, 2.75) is 24.3 Å². The van der Waals surface area contributed by atoms with E-state index in [1.165, 1.54) is 6.07 Å². The quantitative estimate of drug-likeness (QED) is 0.879. The number of amides is 1. The van der Waals surface area contributed by atoms with Crippen LogP contribution in [0.15, 0.2) is 23.1 Å². The topological polar surface area (TPSA) is 41.1 Å². The minimum atomic E-state index is -0.235. The molecule has 0 aliphatic carbocycles. The molecule has 1 fully saturated rings. The summed E-state index contributed by atoms with van der Waals surface area (Å²) in [6.45, 7) is 3.73. The van der Waals surface area contributed by atoms with Crippen LogP contribution in [0.2, 0.25) is 0 Å². The Morgan fingerprint density at radius 3 is 3.05 bits per heavy atom. The van der Waals surface area contributed by atoms with Gasteiger partial charge >= 0.3 is 0 Å². The highest BCUT2D eigenvalue weighted by Gasteiger charge is 2.32. The SMILES string of the molecule is CC1CNCC1C(=O)NC1CCSc2ccc(F)cc21. The maximum absolute atomic E-state index is 13.4. The van der Waals surface area contributed by atoms with Crippen LogP contribution in [-0.4, -0.2) is 24.7 Å². The summed E-state index contributed by atoms with van der Waals surface area (Å²) in [4.78, 5) is 13.5. The Morgan fingerprint density at radius 2 is 2.30 bits per heavy atom. The van der Waals surface area contributed by atoms with Crippen LogP contribution >= 0.6 is 11.8 Å². The van der Waals surface area contributed by atoms with Gasteiger partial charge in [0.1, 0.15) is 5.82 Å². The van der Waals surface area contributed by atoms with Gasteiger partial charge in [-0.3, -0.25) is 4.79 Å².